The number of H-pyrrole nitrogens is 1. The molecule has 182 valence electrons. The Morgan fingerprint density at radius 1 is 1.12 bits per heavy atom. The molecule has 7 heteroatoms. The van der Waals surface area contributed by atoms with Crippen molar-refractivity contribution in [1.82, 2.24) is 4.98 Å². The number of fused-ring (bicyclic) bond motifs is 1. The normalized spacial score (nSPS) is 17.5. The van der Waals surface area contributed by atoms with Crippen LogP contribution in [-0.2, 0) is 12.8 Å². The fraction of sp³-hybridized carbons (Fsp3) is 0.444. The lowest BCUT2D eigenvalue weighted by atomic mass is 9.82. The van der Waals surface area contributed by atoms with Crippen LogP contribution in [0.5, 0.6) is 23.1 Å². The average Bonchev–Trinajstić information content (AvgIpc) is 3.11. The van der Waals surface area contributed by atoms with Gasteiger partial charge in [0.05, 0.1) is 4.88 Å². The molecule has 0 radical (unpaired) electrons. The molecule has 1 aliphatic rings. The molecule has 6 nitrogen and oxygen atoms in total. The first-order valence-electron chi connectivity index (χ1n) is 11.7. The summed E-state index contributed by atoms with van der Waals surface area (Å²) in [5, 5.41) is 20.3. The first-order chi connectivity index (χ1) is 16.1. The summed E-state index contributed by atoms with van der Waals surface area (Å²) in [6.07, 6.45) is 3.02. The molecule has 0 aliphatic carbocycles. The number of aromatic hydroxyl groups is 2. The van der Waals surface area contributed by atoms with Gasteiger partial charge in [-0.05, 0) is 80.3 Å². The molecule has 0 bridgehead atoms. The second-order valence-corrected chi connectivity index (χ2v) is 10.9. The third-order valence-electron chi connectivity index (χ3n) is 6.76. The second kappa shape index (κ2) is 9.37. The quantitative estimate of drug-likeness (QED) is 0.410. The van der Waals surface area contributed by atoms with Crippen molar-refractivity contribution in [2.24, 2.45) is 5.92 Å². The van der Waals surface area contributed by atoms with Gasteiger partial charge < -0.3 is 19.7 Å². The third kappa shape index (κ3) is 4.80. The highest BCUT2D eigenvalue weighted by Crippen LogP contribution is 2.45. The van der Waals surface area contributed by atoms with Crippen molar-refractivity contribution >= 4 is 11.3 Å². The molecular formula is C27H33NO5S. The number of phenolic OH excluding ortho intramolecular Hbond substituents is 1. The fourth-order valence-electron chi connectivity index (χ4n) is 4.85. The van der Waals surface area contributed by atoms with Crippen LogP contribution in [0.15, 0.2) is 29.1 Å². The van der Waals surface area contributed by atoms with E-state index in [1.54, 1.807) is 0 Å². The number of phenols is 1. The van der Waals surface area contributed by atoms with Gasteiger partial charge in [0.25, 0.3) is 0 Å². The predicted molar refractivity (Wildman–Crippen MR) is 135 cm³/mol. The Balaban J connectivity index is 1.52. The van der Waals surface area contributed by atoms with Crippen LogP contribution >= 0.6 is 11.3 Å². The maximum absolute atomic E-state index is 11.4. The number of ether oxygens (including phenoxy) is 2. The van der Waals surface area contributed by atoms with Gasteiger partial charge in [-0.1, -0.05) is 37.3 Å². The number of nitrogens with one attached hydrogen (secondary N) is 1. The zero-order chi connectivity index (χ0) is 24.6. The van der Waals surface area contributed by atoms with Crippen molar-refractivity contribution in [2.75, 3.05) is 6.61 Å². The summed E-state index contributed by atoms with van der Waals surface area (Å²) in [7, 11) is 0. The summed E-state index contributed by atoms with van der Waals surface area (Å²) < 4.78 is 13.0. The molecule has 1 unspecified atom stereocenters. The molecule has 2 heterocycles. The van der Waals surface area contributed by atoms with E-state index < -0.39 is 5.60 Å². The topological polar surface area (TPSA) is 91.8 Å². The van der Waals surface area contributed by atoms with Crippen LogP contribution in [0.25, 0.3) is 0 Å². The molecule has 0 saturated heterocycles. The van der Waals surface area contributed by atoms with Crippen molar-refractivity contribution in [3.63, 3.8) is 0 Å². The molecule has 0 fully saturated rings. The van der Waals surface area contributed by atoms with Crippen molar-refractivity contribution in [2.45, 2.75) is 65.9 Å². The summed E-state index contributed by atoms with van der Waals surface area (Å²) in [5.41, 5.74) is 4.41. The van der Waals surface area contributed by atoms with Crippen LogP contribution in [0.3, 0.4) is 0 Å². The van der Waals surface area contributed by atoms with Gasteiger partial charge in [-0.15, -0.1) is 0 Å². The molecule has 3 aromatic rings. The van der Waals surface area contributed by atoms with E-state index in [1.807, 2.05) is 45.0 Å². The van der Waals surface area contributed by atoms with Crippen LogP contribution < -0.4 is 14.3 Å². The van der Waals surface area contributed by atoms with Gasteiger partial charge in [0.1, 0.15) is 29.5 Å². The minimum atomic E-state index is -0.441. The zero-order valence-electron chi connectivity index (χ0n) is 20.4. The fourth-order valence-corrected chi connectivity index (χ4v) is 5.61. The molecule has 1 aromatic heterocycles. The summed E-state index contributed by atoms with van der Waals surface area (Å²) in [6.45, 7) is 10.7. The second-order valence-electron chi connectivity index (χ2n) is 9.81. The monoisotopic (exact) mass is 483 g/mol. The minimum absolute atomic E-state index is 0.0604. The molecule has 4 rings (SSSR count). The molecule has 1 aliphatic heterocycles. The van der Waals surface area contributed by atoms with Gasteiger partial charge in [0, 0.05) is 12.0 Å². The van der Waals surface area contributed by atoms with Gasteiger partial charge >= 0.3 is 4.87 Å². The average molecular weight is 484 g/mol. The highest BCUT2D eigenvalue weighted by Gasteiger charge is 2.40. The summed E-state index contributed by atoms with van der Waals surface area (Å²) >= 11 is 1.02. The van der Waals surface area contributed by atoms with E-state index in [9.17, 15) is 15.0 Å². The number of benzene rings is 2. The van der Waals surface area contributed by atoms with Gasteiger partial charge in [0.15, 0.2) is 0 Å². The third-order valence-corrected chi connectivity index (χ3v) is 7.63. The van der Waals surface area contributed by atoms with E-state index >= 15 is 0 Å². The van der Waals surface area contributed by atoms with E-state index in [2.05, 4.69) is 18.8 Å². The van der Waals surface area contributed by atoms with E-state index in [0.717, 1.165) is 69.9 Å². The highest BCUT2D eigenvalue weighted by atomic mass is 32.1. The van der Waals surface area contributed by atoms with Gasteiger partial charge in [-0.25, -0.2) is 0 Å². The SMILES string of the molecule is Cc1c(C)c2c(c(C)c1O)CCC(COc1ccc(Cc3sc(=O)[nH]c3O)cc1)(CC(C)C)O2. The lowest BCUT2D eigenvalue weighted by molar-refractivity contribution is -0.0155. The Morgan fingerprint density at radius 2 is 1.82 bits per heavy atom. The molecule has 1 atom stereocenters. The van der Waals surface area contributed by atoms with E-state index in [4.69, 9.17) is 9.47 Å². The number of hydrogen-bond acceptors (Lipinski definition) is 6. The Labute approximate surface area is 204 Å². The largest absolute Gasteiger partial charge is 0.507 e. The summed E-state index contributed by atoms with van der Waals surface area (Å²) in [4.78, 5) is 14.2. The van der Waals surface area contributed by atoms with Gasteiger partial charge in [-0.3, -0.25) is 9.78 Å². The lowest BCUT2D eigenvalue weighted by Crippen LogP contribution is -2.46. The standard InChI is InChI=1S/C27H33NO5S/c1-15(2)13-27(11-10-21-18(5)23(29)16(3)17(4)24(21)33-27)14-32-20-8-6-19(7-9-20)12-22-25(30)28-26(31)34-22/h6-9,15,29-30H,10-14H2,1-5H3,(H,28,31). The Bertz CT molecular complexity index is 1240. The maximum Gasteiger partial charge on any atom is 0.307 e. The van der Waals surface area contributed by atoms with Crippen molar-refractivity contribution < 1.29 is 19.7 Å². The molecule has 0 spiro atoms. The Kier molecular flexibility index (Phi) is 6.67. The number of hydrogen-bond donors (Lipinski definition) is 3. The molecule has 34 heavy (non-hydrogen) atoms. The van der Waals surface area contributed by atoms with Crippen LogP contribution in [-0.4, -0.2) is 27.4 Å². The lowest BCUT2D eigenvalue weighted by Gasteiger charge is -2.41. The molecule has 0 amide bonds. The number of rotatable bonds is 7. The van der Waals surface area contributed by atoms with Crippen molar-refractivity contribution in [3.05, 3.63) is 66.6 Å². The molecular weight excluding hydrogens is 450 g/mol. The van der Waals surface area contributed by atoms with Crippen LogP contribution in [0.1, 0.15) is 59.4 Å². The number of aromatic amines is 1. The van der Waals surface area contributed by atoms with Crippen molar-refractivity contribution in [3.8, 4) is 23.1 Å². The molecule has 0 saturated carbocycles. The van der Waals surface area contributed by atoms with E-state index in [-0.39, 0.29) is 10.8 Å². The van der Waals surface area contributed by atoms with Crippen molar-refractivity contribution in [1.29, 1.82) is 0 Å². The first kappa shape index (κ1) is 24.2. The molecule has 3 N–H and O–H groups in total. The Hall–Kier alpha value is -2.93. The van der Waals surface area contributed by atoms with Crippen LogP contribution in [0, 0.1) is 26.7 Å². The van der Waals surface area contributed by atoms with Crippen LogP contribution in [0.4, 0.5) is 0 Å². The minimum Gasteiger partial charge on any atom is -0.507 e. The predicted octanol–water partition coefficient (Wildman–Crippen LogP) is 5.55. The highest BCUT2D eigenvalue weighted by molar-refractivity contribution is 7.09. The van der Waals surface area contributed by atoms with Crippen LogP contribution in [0.2, 0.25) is 0 Å². The van der Waals surface area contributed by atoms with Gasteiger partial charge in [-0.2, -0.15) is 0 Å². The smallest absolute Gasteiger partial charge is 0.307 e. The number of aromatic nitrogens is 1. The summed E-state index contributed by atoms with van der Waals surface area (Å²) in [5.74, 6) is 2.39. The zero-order valence-corrected chi connectivity index (χ0v) is 21.3. The van der Waals surface area contributed by atoms with Gasteiger partial charge in [0.2, 0.25) is 5.88 Å². The van der Waals surface area contributed by atoms with E-state index in [1.165, 1.54) is 0 Å². The number of thiazole rings is 1. The summed E-state index contributed by atoms with van der Waals surface area (Å²) in [6, 6.07) is 7.73. The first-order valence-corrected chi connectivity index (χ1v) is 12.5. The maximum atomic E-state index is 11.4. The molecule has 2 aromatic carbocycles. The Morgan fingerprint density at radius 3 is 2.44 bits per heavy atom. The van der Waals surface area contributed by atoms with E-state index in [0.29, 0.717) is 29.6 Å².